The molecule has 15 heteroatoms. The lowest BCUT2D eigenvalue weighted by Gasteiger charge is -2.28. The molecule has 0 radical (unpaired) electrons. The SMILES string of the molecule is CCCCCCCCCCCCCCCC(=O)N[C@@H](CCC(=O)O)C(=O)C[C@@H](CCCN=C(N)N)C(=O)N[C@H](C(=O)C[C@@H](CCC(=O)O)C(=O)NCC)[C@@H](C)CC. The molecule has 0 rings (SSSR count). The van der Waals surface area contributed by atoms with Crippen LogP contribution in [-0.2, 0) is 33.6 Å². The van der Waals surface area contributed by atoms with E-state index in [-0.39, 0.29) is 75.7 Å². The first-order chi connectivity index (χ1) is 27.2. The van der Waals surface area contributed by atoms with Crippen molar-refractivity contribution in [2.24, 2.45) is 34.2 Å². The Balaban J connectivity index is 5.65. The lowest BCUT2D eigenvalue weighted by atomic mass is 9.86. The maximum Gasteiger partial charge on any atom is 0.303 e. The molecule has 3 amide bonds. The Labute approximate surface area is 341 Å². The van der Waals surface area contributed by atoms with Gasteiger partial charge in [-0.25, -0.2) is 0 Å². The number of nitrogens with zero attached hydrogens (tertiary/aromatic N) is 1. The molecule has 0 aromatic heterocycles. The standard InChI is InChI=1S/C42H76N6O9/c1-5-8-9-10-11-12-13-14-15-16-17-18-19-22-36(51)47-33(24-26-38(54)55)34(49)28-31(21-20-27-46-42(43)44)41(57)48-39(30(4)6-2)35(50)29-32(23-25-37(52)53)40(56)45-7-3/h30-33,39H,5-29H2,1-4H3,(H,45,56)(H,47,51)(H,48,57)(H,52,53)(H,54,55)(H4,43,44,46)/t30-,31+,32+,33-,39-/m0/s1. The average molecular weight is 809 g/mol. The number of rotatable bonds is 37. The van der Waals surface area contributed by atoms with Crippen molar-refractivity contribution in [2.45, 2.75) is 187 Å². The Morgan fingerprint density at radius 1 is 0.596 bits per heavy atom. The van der Waals surface area contributed by atoms with Gasteiger partial charge < -0.3 is 37.6 Å². The van der Waals surface area contributed by atoms with Crippen LogP contribution in [0.3, 0.4) is 0 Å². The van der Waals surface area contributed by atoms with Crippen molar-refractivity contribution < 1.29 is 43.8 Å². The van der Waals surface area contributed by atoms with Crippen LogP contribution in [-0.4, -0.2) is 82.6 Å². The fourth-order valence-corrected chi connectivity index (χ4v) is 6.77. The molecule has 0 aliphatic carbocycles. The molecule has 0 aromatic rings. The van der Waals surface area contributed by atoms with Gasteiger partial charge in [0.15, 0.2) is 17.5 Å². The summed E-state index contributed by atoms with van der Waals surface area (Å²) in [4.78, 5) is 93.7. The summed E-state index contributed by atoms with van der Waals surface area (Å²) in [6.45, 7) is 8.01. The molecule has 0 spiro atoms. The summed E-state index contributed by atoms with van der Waals surface area (Å²) in [6.07, 6.45) is 14.7. The van der Waals surface area contributed by atoms with Gasteiger partial charge in [0.05, 0.1) is 12.1 Å². The molecular formula is C42H76N6O9. The monoisotopic (exact) mass is 809 g/mol. The van der Waals surface area contributed by atoms with Crippen LogP contribution < -0.4 is 27.4 Å². The van der Waals surface area contributed by atoms with Crippen LogP contribution in [0.4, 0.5) is 0 Å². The third-order valence-corrected chi connectivity index (χ3v) is 10.4. The van der Waals surface area contributed by atoms with Crippen LogP contribution in [0, 0.1) is 17.8 Å². The first-order valence-corrected chi connectivity index (χ1v) is 21.6. The lowest BCUT2D eigenvalue weighted by Crippen LogP contribution is -2.49. The molecule has 0 bridgehead atoms. The molecule has 9 N–H and O–H groups in total. The fourth-order valence-electron chi connectivity index (χ4n) is 6.77. The molecule has 0 saturated heterocycles. The minimum Gasteiger partial charge on any atom is -0.481 e. The zero-order valence-electron chi connectivity index (χ0n) is 35.4. The second-order valence-corrected chi connectivity index (χ2v) is 15.4. The van der Waals surface area contributed by atoms with Gasteiger partial charge in [-0.05, 0) is 44.9 Å². The molecule has 15 nitrogen and oxygen atoms in total. The largest absolute Gasteiger partial charge is 0.481 e. The number of hydrogen-bond acceptors (Lipinski definition) is 8. The number of carbonyl (C=O) groups is 7. The molecular weight excluding hydrogens is 732 g/mol. The first kappa shape index (κ1) is 53.0. The lowest BCUT2D eigenvalue weighted by molar-refractivity contribution is -0.139. The number of carbonyl (C=O) groups excluding carboxylic acids is 5. The first-order valence-electron chi connectivity index (χ1n) is 21.6. The molecule has 57 heavy (non-hydrogen) atoms. The quantitative estimate of drug-likeness (QED) is 0.0232. The predicted octanol–water partition coefficient (Wildman–Crippen LogP) is 5.55. The van der Waals surface area contributed by atoms with E-state index in [0.717, 1.165) is 19.3 Å². The fraction of sp³-hybridized carbons (Fsp3) is 0.810. The Bertz CT molecular complexity index is 1240. The number of amides is 3. The minimum atomic E-state index is -1.13. The molecule has 0 heterocycles. The number of nitrogens with one attached hydrogen (secondary N) is 3. The normalized spacial score (nSPS) is 13.7. The van der Waals surface area contributed by atoms with E-state index in [9.17, 15) is 43.8 Å². The van der Waals surface area contributed by atoms with Crippen LogP contribution >= 0.6 is 0 Å². The number of nitrogens with two attached hydrogens (primary N) is 2. The number of aliphatic imine (C=N–C) groups is 1. The summed E-state index contributed by atoms with van der Waals surface area (Å²) < 4.78 is 0. The predicted molar refractivity (Wildman–Crippen MR) is 222 cm³/mol. The van der Waals surface area contributed by atoms with E-state index in [1.165, 1.54) is 57.8 Å². The van der Waals surface area contributed by atoms with Crippen molar-refractivity contribution >= 4 is 47.2 Å². The van der Waals surface area contributed by atoms with Gasteiger partial charge in [0.2, 0.25) is 17.7 Å². The highest BCUT2D eigenvalue weighted by atomic mass is 16.4. The zero-order chi connectivity index (χ0) is 43.0. The summed E-state index contributed by atoms with van der Waals surface area (Å²) in [6, 6.07) is -2.15. The van der Waals surface area contributed by atoms with Crippen LogP contribution in [0.25, 0.3) is 0 Å². The van der Waals surface area contributed by atoms with Gasteiger partial charge in [-0.1, -0.05) is 104 Å². The van der Waals surface area contributed by atoms with Crippen LogP contribution in [0.2, 0.25) is 0 Å². The number of Topliss-reactive ketones (excluding diaryl/α,β-unsaturated/α-hetero) is 2. The van der Waals surface area contributed by atoms with E-state index < -0.39 is 59.2 Å². The number of aliphatic carboxylic acids is 2. The highest BCUT2D eigenvalue weighted by molar-refractivity contribution is 5.96. The number of hydrogen-bond donors (Lipinski definition) is 7. The molecule has 328 valence electrons. The Morgan fingerprint density at radius 3 is 1.61 bits per heavy atom. The van der Waals surface area contributed by atoms with Gasteiger partial charge in [-0.15, -0.1) is 0 Å². The van der Waals surface area contributed by atoms with Crippen LogP contribution in [0.1, 0.15) is 175 Å². The van der Waals surface area contributed by atoms with Gasteiger partial charge in [0.25, 0.3) is 0 Å². The Kier molecular flexibility index (Phi) is 30.6. The maximum absolute atomic E-state index is 13.9. The highest BCUT2D eigenvalue weighted by Gasteiger charge is 2.34. The van der Waals surface area contributed by atoms with E-state index >= 15 is 0 Å². The smallest absolute Gasteiger partial charge is 0.303 e. The van der Waals surface area contributed by atoms with Crippen LogP contribution in [0.5, 0.6) is 0 Å². The summed E-state index contributed by atoms with van der Waals surface area (Å²) in [7, 11) is 0. The van der Waals surface area contributed by atoms with Crippen LogP contribution in [0.15, 0.2) is 4.99 Å². The van der Waals surface area contributed by atoms with Gasteiger partial charge in [0.1, 0.15) is 0 Å². The summed E-state index contributed by atoms with van der Waals surface area (Å²) in [5.41, 5.74) is 10.9. The van der Waals surface area contributed by atoms with E-state index in [4.69, 9.17) is 11.5 Å². The number of ketones is 2. The third kappa shape index (κ3) is 27.3. The van der Waals surface area contributed by atoms with Crippen molar-refractivity contribution in [1.82, 2.24) is 16.0 Å². The van der Waals surface area contributed by atoms with Crippen molar-refractivity contribution in [3.05, 3.63) is 0 Å². The third-order valence-electron chi connectivity index (χ3n) is 10.4. The summed E-state index contributed by atoms with van der Waals surface area (Å²) in [5.74, 6) is -6.96. The highest BCUT2D eigenvalue weighted by Crippen LogP contribution is 2.21. The maximum atomic E-state index is 13.9. The zero-order valence-corrected chi connectivity index (χ0v) is 35.4. The van der Waals surface area contributed by atoms with Gasteiger partial charge in [0, 0.05) is 57.0 Å². The van der Waals surface area contributed by atoms with Crippen molar-refractivity contribution in [3.63, 3.8) is 0 Å². The second-order valence-electron chi connectivity index (χ2n) is 15.4. The molecule has 0 saturated carbocycles. The molecule has 0 fully saturated rings. The van der Waals surface area contributed by atoms with Crippen molar-refractivity contribution in [3.8, 4) is 0 Å². The summed E-state index contributed by atoms with van der Waals surface area (Å²) in [5, 5.41) is 26.7. The second kappa shape index (κ2) is 33.0. The number of carboxylic acid groups (broad SMARTS) is 2. The Hall–Kier alpha value is -4.04. The van der Waals surface area contributed by atoms with Gasteiger partial charge in [-0.3, -0.25) is 38.6 Å². The number of unbranched alkanes of at least 4 members (excludes halogenated alkanes) is 12. The topological polar surface area (TPSA) is 260 Å². The molecule has 0 aromatic carbocycles. The minimum absolute atomic E-state index is 0.0567. The van der Waals surface area contributed by atoms with E-state index in [1.807, 2.05) is 6.92 Å². The molecule has 5 atom stereocenters. The average Bonchev–Trinajstić information content (AvgIpc) is 3.16. The molecule has 0 aliphatic heterocycles. The Morgan fingerprint density at radius 2 is 1.11 bits per heavy atom. The van der Waals surface area contributed by atoms with Crippen molar-refractivity contribution in [1.29, 1.82) is 0 Å². The van der Waals surface area contributed by atoms with E-state index in [0.29, 0.717) is 25.8 Å². The molecule has 0 unspecified atom stereocenters. The summed E-state index contributed by atoms with van der Waals surface area (Å²) >= 11 is 0. The number of carboxylic acids is 2. The van der Waals surface area contributed by atoms with Gasteiger partial charge >= 0.3 is 11.9 Å². The van der Waals surface area contributed by atoms with Crippen molar-refractivity contribution in [2.75, 3.05) is 13.1 Å². The molecule has 0 aliphatic rings. The van der Waals surface area contributed by atoms with Gasteiger partial charge in [-0.2, -0.15) is 0 Å². The van der Waals surface area contributed by atoms with E-state index in [1.54, 1.807) is 13.8 Å². The van der Waals surface area contributed by atoms with E-state index in [2.05, 4.69) is 27.9 Å². The number of guanidine groups is 1.